The molecule has 0 atom stereocenters. The van der Waals surface area contributed by atoms with Gasteiger partial charge in [-0.2, -0.15) is 0 Å². The monoisotopic (exact) mass is 237 g/mol. The molecule has 94 valence electrons. The average Bonchev–Trinajstić information content (AvgIpc) is 2.34. The maximum atomic E-state index is 10.5. The second-order valence-corrected chi connectivity index (χ2v) is 4.27. The Balaban J connectivity index is 2.75. The second kappa shape index (κ2) is 6.96. The Kier molecular flexibility index (Phi) is 5.56. The summed E-state index contributed by atoms with van der Waals surface area (Å²) in [5, 5.41) is 0. The number of nitrogens with zero attached hydrogens (tertiary/aromatic N) is 3. The molecule has 0 saturated heterocycles. The molecule has 0 radical (unpaired) electrons. The van der Waals surface area contributed by atoms with Gasteiger partial charge in [-0.05, 0) is 5.92 Å². The Labute approximate surface area is 102 Å². The summed E-state index contributed by atoms with van der Waals surface area (Å²) >= 11 is 0. The van der Waals surface area contributed by atoms with E-state index in [1.807, 2.05) is 0 Å². The Bertz CT molecular complexity index is 338. The van der Waals surface area contributed by atoms with Crippen molar-refractivity contribution in [2.75, 3.05) is 31.7 Å². The standard InChI is InChI=1S/C12H19N3O2/c1-10(2)8-15(4-5-17-3)12-13-6-11(9-16)7-14-12/h6-7,9-10H,4-5,8H2,1-3H3. The van der Waals surface area contributed by atoms with Crippen molar-refractivity contribution in [1.82, 2.24) is 9.97 Å². The third-order valence-electron chi connectivity index (χ3n) is 2.23. The van der Waals surface area contributed by atoms with Crippen LogP contribution in [0.25, 0.3) is 0 Å². The molecule has 0 aliphatic carbocycles. The predicted molar refractivity (Wildman–Crippen MR) is 66.3 cm³/mol. The maximum absolute atomic E-state index is 10.5. The molecule has 0 saturated carbocycles. The number of hydrogen-bond donors (Lipinski definition) is 0. The molecule has 0 amide bonds. The van der Waals surface area contributed by atoms with Crippen LogP contribution in [0, 0.1) is 5.92 Å². The van der Waals surface area contributed by atoms with E-state index in [0.29, 0.717) is 24.0 Å². The SMILES string of the molecule is COCCN(CC(C)C)c1ncc(C=O)cn1. The quantitative estimate of drug-likeness (QED) is 0.671. The van der Waals surface area contributed by atoms with Gasteiger partial charge in [0.2, 0.25) is 5.95 Å². The van der Waals surface area contributed by atoms with Gasteiger partial charge in [-0.25, -0.2) is 9.97 Å². The normalized spacial score (nSPS) is 10.6. The van der Waals surface area contributed by atoms with E-state index >= 15 is 0 Å². The highest BCUT2D eigenvalue weighted by molar-refractivity contribution is 5.73. The van der Waals surface area contributed by atoms with E-state index in [0.717, 1.165) is 19.4 Å². The van der Waals surface area contributed by atoms with Crippen LogP contribution in [0.1, 0.15) is 24.2 Å². The zero-order valence-electron chi connectivity index (χ0n) is 10.6. The fourth-order valence-electron chi connectivity index (χ4n) is 1.47. The van der Waals surface area contributed by atoms with Gasteiger partial charge in [-0.3, -0.25) is 4.79 Å². The van der Waals surface area contributed by atoms with Gasteiger partial charge < -0.3 is 9.64 Å². The van der Waals surface area contributed by atoms with Crippen LogP contribution in [0.15, 0.2) is 12.4 Å². The van der Waals surface area contributed by atoms with Crippen LogP contribution in [0.3, 0.4) is 0 Å². The topological polar surface area (TPSA) is 55.3 Å². The highest BCUT2D eigenvalue weighted by atomic mass is 16.5. The Morgan fingerprint density at radius 2 is 2.06 bits per heavy atom. The molecule has 5 heteroatoms. The molecule has 5 nitrogen and oxygen atoms in total. The molecular formula is C12H19N3O2. The Morgan fingerprint density at radius 1 is 1.41 bits per heavy atom. The molecule has 0 aliphatic heterocycles. The summed E-state index contributed by atoms with van der Waals surface area (Å²) in [6.45, 7) is 6.52. The van der Waals surface area contributed by atoms with E-state index in [4.69, 9.17) is 4.74 Å². The molecule has 0 bridgehead atoms. The van der Waals surface area contributed by atoms with Gasteiger partial charge in [-0.15, -0.1) is 0 Å². The van der Waals surface area contributed by atoms with Crippen molar-refractivity contribution >= 4 is 12.2 Å². The minimum Gasteiger partial charge on any atom is -0.383 e. The number of carbonyl (C=O) groups is 1. The lowest BCUT2D eigenvalue weighted by Crippen LogP contribution is -2.32. The molecule has 0 aromatic carbocycles. The van der Waals surface area contributed by atoms with Gasteiger partial charge in [0, 0.05) is 32.6 Å². The minimum absolute atomic E-state index is 0.491. The summed E-state index contributed by atoms with van der Waals surface area (Å²) in [6.07, 6.45) is 3.82. The predicted octanol–water partition coefficient (Wildman–Crippen LogP) is 1.40. The summed E-state index contributed by atoms with van der Waals surface area (Å²) < 4.78 is 5.07. The number of methoxy groups -OCH3 is 1. The van der Waals surface area contributed by atoms with E-state index in [9.17, 15) is 4.79 Å². The van der Waals surface area contributed by atoms with E-state index in [-0.39, 0.29) is 0 Å². The zero-order valence-corrected chi connectivity index (χ0v) is 10.6. The number of anilines is 1. The molecule has 0 N–H and O–H groups in total. The smallest absolute Gasteiger partial charge is 0.225 e. The van der Waals surface area contributed by atoms with Crippen LogP contribution in [0.4, 0.5) is 5.95 Å². The first-order valence-electron chi connectivity index (χ1n) is 5.68. The van der Waals surface area contributed by atoms with Gasteiger partial charge in [0.1, 0.15) is 0 Å². The van der Waals surface area contributed by atoms with Gasteiger partial charge in [0.25, 0.3) is 0 Å². The van der Waals surface area contributed by atoms with Crippen LogP contribution in [0.5, 0.6) is 0 Å². The third kappa shape index (κ3) is 4.48. The maximum Gasteiger partial charge on any atom is 0.225 e. The van der Waals surface area contributed by atoms with Gasteiger partial charge in [-0.1, -0.05) is 13.8 Å². The lowest BCUT2D eigenvalue weighted by molar-refractivity contribution is 0.112. The lowest BCUT2D eigenvalue weighted by Gasteiger charge is -2.23. The first-order chi connectivity index (χ1) is 8.17. The van der Waals surface area contributed by atoms with E-state index in [1.165, 1.54) is 12.4 Å². The summed E-state index contributed by atoms with van der Waals surface area (Å²) in [5.74, 6) is 1.16. The van der Waals surface area contributed by atoms with Crippen molar-refractivity contribution in [3.05, 3.63) is 18.0 Å². The van der Waals surface area contributed by atoms with Crippen molar-refractivity contribution in [3.8, 4) is 0 Å². The Morgan fingerprint density at radius 3 is 2.53 bits per heavy atom. The summed E-state index contributed by atoms with van der Waals surface area (Å²) in [4.78, 5) is 20.9. The van der Waals surface area contributed by atoms with Crippen LogP contribution in [-0.2, 0) is 4.74 Å². The molecule has 0 fully saturated rings. The van der Waals surface area contributed by atoms with Crippen LogP contribution in [0.2, 0.25) is 0 Å². The molecule has 0 aliphatic rings. The first kappa shape index (κ1) is 13.6. The fraction of sp³-hybridized carbons (Fsp3) is 0.583. The number of aromatic nitrogens is 2. The summed E-state index contributed by atoms with van der Waals surface area (Å²) in [6, 6.07) is 0. The number of ether oxygens (including phenoxy) is 1. The molecule has 1 aromatic rings. The van der Waals surface area contributed by atoms with Crippen LogP contribution in [-0.4, -0.2) is 43.1 Å². The zero-order chi connectivity index (χ0) is 12.7. The number of hydrogen-bond acceptors (Lipinski definition) is 5. The van der Waals surface area contributed by atoms with E-state index in [2.05, 4.69) is 28.7 Å². The van der Waals surface area contributed by atoms with Crippen LogP contribution >= 0.6 is 0 Å². The largest absolute Gasteiger partial charge is 0.383 e. The van der Waals surface area contributed by atoms with Crippen molar-refractivity contribution in [1.29, 1.82) is 0 Å². The van der Waals surface area contributed by atoms with Crippen molar-refractivity contribution in [2.24, 2.45) is 5.92 Å². The number of rotatable bonds is 7. The molecule has 1 heterocycles. The average molecular weight is 237 g/mol. The van der Waals surface area contributed by atoms with Gasteiger partial charge in [0.05, 0.1) is 12.2 Å². The minimum atomic E-state index is 0.491. The fourth-order valence-corrected chi connectivity index (χ4v) is 1.47. The summed E-state index contributed by atoms with van der Waals surface area (Å²) in [5.41, 5.74) is 0.491. The van der Waals surface area contributed by atoms with Crippen molar-refractivity contribution < 1.29 is 9.53 Å². The van der Waals surface area contributed by atoms with E-state index < -0.39 is 0 Å². The number of aldehydes is 1. The Hall–Kier alpha value is -1.49. The molecule has 0 spiro atoms. The highest BCUT2D eigenvalue weighted by Crippen LogP contribution is 2.09. The van der Waals surface area contributed by atoms with Crippen molar-refractivity contribution in [3.63, 3.8) is 0 Å². The highest BCUT2D eigenvalue weighted by Gasteiger charge is 2.10. The molecule has 1 aromatic heterocycles. The molecule has 1 rings (SSSR count). The molecular weight excluding hydrogens is 218 g/mol. The molecule has 0 unspecified atom stereocenters. The second-order valence-electron chi connectivity index (χ2n) is 4.27. The third-order valence-corrected chi connectivity index (χ3v) is 2.23. The first-order valence-corrected chi connectivity index (χ1v) is 5.68. The van der Waals surface area contributed by atoms with E-state index in [1.54, 1.807) is 7.11 Å². The lowest BCUT2D eigenvalue weighted by atomic mass is 10.2. The van der Waals surface area contributed by atoms with Gasteiger partial charge >= 0.3 is 0 Å². The van der Waals surface area contributed by atoms with Crippen LogP contribution < -0.4 is 4.90 Å². The summed E-state index contributed by atoms with van der Waals surface area (Å²) in [7, 11) is 1.67. The number of carbonyl (C=O) groups excluding carboxylic acids is 1. The van der Waals surface area contributed by atoms with Crippen molar-refractivity contribution in [2.45, 2.75) is 13.8 Å². The van der Waals surface area contributed by atoms with Gasteiger partial charge in [0.15, 0.2) is 6.29 Å². The molecule has 17 heavy (non-hydrogen) atoms.